The molecule has 7 nitrogen and oxygen atoms in total. The van der Waals surface area contributed by atoms with E-state index in [2.05, 4.69) is 24.3 Å². The van der Waals surface area contributed by atoms with Gasteiger partial charge in [-0.15, -0.1) is 0 Å². The SMILES string of the molecule is CC1(C)CC(NC(=O)c2cc(C3CC3)on2)CCN1C(=O)[C@H]1CC[C@H](N)CC1. The van der Waals surface area contributed by atoms with Crippen molar-refractivity contribution in [1.29, 1.82) is 0 Å². The maximum atomic E-state index is 13.1. The number of nitrogens with two attached hydrogens (primary N) is 1. The Balaban J connectivity index is 1.33. The van der Waals surface area contributed by atoms with Crippen molar-refractivity contribution in [3.05, 3.63) is 17.5 Å². The summed E-state index contributed by atoms with van der Waals surface area (Å²) in [6.45, 7) is 4.86. The number of carbonyl (C=O) groups is 2. The number of rotatable bonds is 4. The largest absolute Gasteiger partial charge is 0.360 e. The van der Waals surface area contributed by atoms with E-state index in [0.29, 0.717) is 18.2 Å². The molecule has 1 aromatic heterocycles. The number of aromatic nitrogens is 1. The van der Waals surface area contributed by atoms with Crippen LogP contribution in [0.3, 0.4) is 0 Å². The minimum absolute atomic E-state index is 0.0346. The topological polar surface area (TPSA) is 101 Å². The molecule has 2 saturated carbocycles. The van der Waals surface area contributed by atoms with Gasteiger partial charge < -0.3 is 20.5 Å². The summed E-state index contributed by atoms with van der Waals surface area (Å²) in [6.07, 6.45) is 7.39. The Labute approximate surface area is 166 Å². The zero-order chi connectivity index (χ0) is 19.9. The van der Waals surface area contributed by atoms with E-state index in [9.17, 15) is 9.59 Å². The molecule has 0 aromatic carbocycles. The predicted molar refractivity (Wildman–Crippen MR) is 105 cm³/mol. The first kappa shape index (κ1) is 19.4. The Bertz CT molecular complexity index is 732. The molecule has 4 rings (SSSR count). The molecule has 1 atom stereocenters. The Morgan fingerprint density at radius 3 is 2.54 bits per heavy atom. The van der Waals surface area contributed by atoms with Gasteiger partial charge in [-0.05, 0) is 65.2 Å². The van der Waals surface area contributed by atoms with E-state index in [-0.39, 0.29) is 35.4 Å². The van der Waals surface area contributed by atoms with Crippen molar-refractivity contribution in [1.82, 2.24) is 15.4 Å². The van der Waals surface area contributed by atoms with Crippen LogP contribution in [0.5, 0.6) is 0 Å². The Kier molecular flexibility index (Phi) is 5.21. The van der Waals surface area contributed by atoms with E-state index in [1.807, 2.05) is 4.90 Å². The highest BCUT2D eigenvalue weighted by Crippen LogP contribution is 2.40. The number of likely N-dealkylation sites (tertiary alicyclic amines) is 1. The Morgan fingerprint density at radius 1 is 1.18 bits per heavy atom. The van der Waals surface area contributed by atoms with Gasteiger partial charge in [-0.3, -0.25) is 9.59 Å². The maximum absolute atomic E-state index is 13.1. The highest BCUT2D eigenvalue weighted by molar-refractivity contribution is 5.92. The summed E-state index contributed by atoms with van der Waals surface area (Å²) in [7, 11) is 0. The molecule has 0 spiro atoms. The zero-order valence-electron chi connectivity index (χ0n) is 16.9. The third-order valence-corrected chi connectivity index (χ3v) is 6.64. The number of nitrogens with zero attached hydrogens (tertiary/aromatic N) is 2. The van der Waals surface area contributed by atoms with Crippen LogP contribution in [0, 0.1) is 5.92 Å². The molecule has 1 aromatic rings. The average molecular weight is 389 g/mol. The summed E-state index contributed by atoms with van der Waals surface area (Å²) >= 11 is 0. The van der Waals surface area contributed by atoms with Crippen molar-refractivity contribution >= 4 is 11.8 Å². The van der Waals surface area contributed by atoms with Crippen LogP contribution < -0.4 is 11.1 Å². The lowest BCUT2D eigenvalue weighted by Gasteiger charge is -2.47. The van der Waals surface area contributed by atoms with Crippen molar-refractivity contribution in [2.45, 2.75) is 88.8 Å². The van der Waals surface area contributed by atoms with Crippen LogP contribution in [0.25, 0.3) is 0 Å². The van der Waals surface area contributed by atoms with E-state index < -0.39 is 0 Å². The minimum Gasteiger partial charge on any atom is -0.360 e. The quantitative estimate of drug-likeness (QED) is 0.825. The molecule has 7 heteroatoms. The molecular weight excluding hydrogens is 356 g/mol. The molecule has 2 amide bonds. The van der Waals surface area contributed by atoms with Crippen molar-refractivity contribution in [3.8, 4) is 0 Å². The van der Waals surface area contributed by atoms with Gasteiger partial charge >= 0.3 is 0 Å². The third kappa shape index (κ3) is 4.09. The molecule has 1 saturated heterocycles. The summed E-state index contributed by atoms with van der Waals surface area (Å²) in [6, 6.07) is 2.05. The van der Waals surface area contributed by atoms with Gasteiger partial charge in [-0.1, -0.05) is 5.16 Å². The molecule has 0 bridgehead atoms. The molecule has 2 heterocycles. The first-order valence-corrected chi connectivity index (χ1v) is 10.7. The van der Waals surface area contributed by atoms with Crippen LogP contribution in [-0.4, -0.2) is 46.0 Å². The second-order valence-electron chi connectivity index (χ2n) is 9.47. The van der Waals surface area contributed by atoms with Gasteiger partial charge in [0.2, 0.25) is 5.91 Å². The monoisotopic (exact) mass is 388 g/mol. The summed E-state index contributed by atoms with van der Waals surface area (Å²) in [4.78, 5) is 27.6. The van der Waals surface area contributed by atoms with Gasteiger partial charge in [0.05, 0.1) is 0 Å². The zero-order valence-corrected chi connectivity index (χ0v) is 16.9. The number of carbonyl (C=O) groups excluding carboxylic acids is 2. The van der Waals surface area contributed by atoms with Crippen LogP contribution in [0.15, 0.2) is 10.6 Å². The van der Waals surface area contributed by atoms with E-state index in [1.165, 1.54) is 0 Å². The van der Waals surface area contributed by atoms with E-state index >= 15 is 0 Å². The lowest BCUT2D eigenvalue weighted by atomic mass is 9.81. The Morgan fingerprint density at radius 2 is 1.89 bits per heavy atom. The normalized spacial score (nSPS) is 30.1. The second-order valence-corrected chi connectivity index (χ2v) is 9.47. The third-order valence-electron chi connectivity index (χ3n) is 6.64. The van der Waals surface area contributed by atoms with Gasteiger partial charge in [0.1, 0.15) is 5.76 Å². The molecule has 154 valence electrons. The number of hydrogen-bond acceptors (Lipinski definition) is 5. The molecule has 1 unspecified atom stereocenters. The average Bonchev–Trinajstić information content (AvgIpc) is 3.38. The van der Waals surface area contributed by atoms with Crippen LogP contribution in [0.1, 0.15) is 87.4 Å². The van der Waals surface area contributed by atoms with Crippen molar-refractivity contribution in [3.63, 3.8) is 0 Å². The summed E-state index contributed by atoms with van der Waals surface area (Å²) in [5.41, 5.74) is 6.06. The lowest BCUT2D eigenvalue weighted by molar-refractivity contribution is -0.144. The molecule has 0 radical (unpaired) electrons. The van der Waals surface area contributed by atoms with Crippen LogP contribution in [0.4, 0.5) is 0 Å². The van der Waals surface area contributed by atoms with Gasteiger partial charge in [-0.25, -0.2) is 0 Å². The number of nitrogens with one attached hydrogen (secondary N) is 1. The van der Waals surface area contributed by atoms with E-state index in [4.69, 9.17) is 10.3 Å². The fourth-order valence-corrected chi connectivity index (χ4v) is 4.74. The summed E-state index contributed by atoms with van der Waals surface area (Å²) in [5, 5.41) is 7.02. The summed E-state index contributed by atoms with van der Waals surface area (Å²) < 4.78 is 5.29. The fourth-order valence-electron chi connectivity index (χ4n) is 4.74. The molecule has 3 N–H and O–H groups in total. The highest BCUT2D eigenvalue weighted by atomic mass is 16.5. The van der Waals surface area contributed by atoms with Crippen LogP contribution in [0.2, 0.25) is 0 Å². The first-order chi connectivity index (χ1) is 13.3. The standard InChI is InChI=1S/C21H32N4O3/c1-21(2)12-16(23-19(26)17-11-18(28-24-17)13-3-4-13)9-10-25(21)20(27)14-5-7-15(22)8-6-14/h11,13-16H,3-10,12,22H2,1-2H3,(H,23,26)/t14-,15-,16?. The van der Waals surface area contributed by atoms with Gasteiger partial charge in [0, 0.05) is 42.1 Å². The van der Waals surface area contributed by atoms with Crippen molar-refractivity contribution < 1.29 is 14.1 Å². The summed E-state index contributed by atoms with van der Waals surface area (Å²) in [5.74, 6) is 1.43. The smallest absolute Gasteiger partial charge is 0.273 e. The molecular formula is C21H32N4O3. The predicted octanol–water partition coefficient (Wildman–Crippen LogP) is 2.57. The Hall–Kier alpha value is -1.89. The van der Waals surface area contributed by atoms with Gasteiger partial charge in [0.25, 0.3) is 5.91 Å². The minimum atomic E-state index is -0.282. The van der Waals surface area contributed by atoms with Crippen LogP contribution >= 0.6 is 0 Å². The fraction of sp³-hybridized carbons (Fsp3) is 0.762. The molecule has 3 aliphatic rings. The second kappa shape index (κ2) is 7.50. The van der Waals surface area contributed by atoms with Gasteiger partial charge in [0.15, 0.2) is 5.69 Å². The van der Waals surface area contributed by atoms with Crippen molar-refractivity contribution in [2.75, 3.05) is 6.54 Å². The van der Waals surface area contributed by atoms with Crippen LogP contribution in [-0.2, 0) is 4.79 Å². The van der Waals surface area contributed by atoms with Gasteiger partial charge in [-0.2, -0.15) is 0 Å². The number of piperidine rings is 1. The maximum Gasteiger partial charge on any atom is 0.273 e. The van der Waals surface area contributed by atoms with E-state index in [1.54, 1.807) is 6.07 Å². The number of hydrogen-bond donors (Lipinski definition) is 2. The number of amides is 2. The molecule has 28 heavy (non-hydrogen) atoms. The lowest BCUT2D eigenvalue weighted by Crippen LogP contribution is -2.58. The molecule has 1 aliphatic heterocycles. The van der Waals surface area contributed by atoms with Crippen molar-refractivity contribution in [2.24, 2.45) is 11.7 Å². The molecule has 2 aliphatic carbocycles. The highest BCUT2D eigenvalue weighted by Gasteiger charge is 2.41. The first-order valence-electron chi connectivity index (χ1n) is 10.7. The van der Waals surface area contributed by atoms with E-state index in [0.717, 1.165) is 57.1 Å². The molecule has 3 fully saturated rings.